The van der Waals surface area contributed by atoms with Crippen LogP contribution in [0.5, 0.6) is 0 Å². The smallest absolute Gasteiger partial charge is 0.0700 e. The van der Waals surface area contributed by atoms with Crippen molar-refractivity contribution in [1.29, 1.82) is 0 Å². The van der Waals surface area contributed by atoms with Crippen LogP contribution < -0.4 is 5.73 Å². The molecule has 6 heteroatoms. The molecule has 0 radical (unpaired) electrons. The number of halogens is 1. The molecular weight excluding hydrogens is 318 g/mol. The third-order valence-corrected chi connectivity index (χ3v) is 4.68. The average Bonchev–Trinajstić information content (AvgIpc) is 2.33. The molecule has 1 aromatic rings. The van der Waals surface area contributed by atoms with E-state index in [0.717, 1.165) is 15.8 Å². The Morgan fingerprint density at radius 3 is 2.78 bits per heavy atom. The summed E-state index contributed by atoms with van der Waals surface area (Å²) in [5.74, 6) is 0.579. The number of methoxy groups -OCH3 is 1. The third-order valence-electron chi connectivity index (χ3n) is 2.25. The molecule has 0 saturated carbocycles. The average molecular weight is 336 g/mol. The Bertz CT molecular complexity index is 401. The highest BCUT2D eigenvalue weighted by atomic mass is 79.9. The van der Waals surface area contributed by atoms with E-state index in [1.807, 2.05) is 0 Å². The Morgan fingerprint density at radius 2 is 2.11 bits per heavy atom. The molecule has 2 N–H and O–H groups in total. The van der Waals surface area contributed by atoms with Gasteiger partial charge >= 0.3 is 0 Å². The number of benzene rings is 1. The molecule has 0 aliphatic carbocycles. The van der Waals surface area contributed by atoms with E-state index in [1.165, 1.54) is 0 Å². The Hall–Kier alpha value is -0.430. The summed E-state index contributed by atoms with van der Waals surface area (Å²) in [5.41, 5.74) is 6.29. The van der Waals surface area contributed by atoms with Crippen LogP contribution in [-0.4, -0.2) is 36.9 Å². The van der Waals surface area contributed by atoms with Gasteiger partial charge in [-0.1, -0.05) is 0 Å². The van der Waals surface area contributed by atoms with Crippen molar-refractivity contribution in [1.82, 2.24) is 0 Å². The Kier molecular flexibility index (Phi) is 7.50. The maximum Gasteiger partial charge on any atom is 0.0700 e. The van der Waals surface area contributed by atoms with Crippen molar-refractivity contribution in [3.63, 3.8) is 0 Å². The normalized spacial score (nSPS) is 12.6. The van der Waals surface area contributed by atoms with Gasteiger partial charge in [-0.15, -0.1) is 0 Å². The van der Waals surface area contributed by atoms with Crippen LogP contribution in [0.1, 0.15) is 6.42 Å². The minimum Gasteiger partial charge on any atom is -0.399 e. The molecule has 1 aromatic carbocycles. The quantitative estimate of drug-likeness (QED) is 0.584. The number of hydrogen-bond acceptors (Lipinski definition) is 4. The van der Waals surface area contributed by atoms with Crippen molar-refractivity contribution in [2.75, 3.05) is 38.4 Å². The van der Waals surface area contributed by atoms with E-state index in [9.17, 15) is 4.21 Å². The minimum absolute atomic E-state index is 0.578. The summed E-state index contributed by atoms with van der Waals surface area (Å²) in [6.07, 6.45) is 0.757. The van der Waals surface area contributed by atoms with E-state index in [-0.39, 0.29) is 0 Å². The Morgan fingerprint density at radius 1 is 1.33 bits per heavy atom. The second kappa shape index (κ2) is 8.63. The van der Waals surface area contributed by atoms with Crippen LogP contribution in [0.4, 0.5) is 5.69 Å². The van der Waals surface area contributed by atoms with E-state index in [0.29, 0.717) is 31.3 Å². The van der Waals surface area contributed by atoms with Gasteiger partial charge in [-0.2, -0.15) is 0 Å². The summed E-state index contributed by atoms with van der Waals surface area (Å²) in [6, 6.07) is 5.32. The molecule has 0 aliphatic heterocycles. The lowest BCUT2D eigenvalue weighted by Crippen LogP contribution is -2.07. The monoisotopic (exact) mass is 335 g/mol. The predicted octanol–water partition coefficient (Wildman–Crippen LogP) is 2.19. The van der Waals surface area contributed by atoms with Crippen molar-refractivity contribution in [2.45, 2.75) is 11.3 Å². The molecule has 0 spiro atoms. The molecule has 0 aromatic heterocycles. The lowest BCUT2D eigenvalue weighted by atomic mass is 10.3. The molecule has 0 saturated heterocycles. The number of hydrogen-bond donors (Lipinski definition) is 1. The zero-order valence-electron chi connectivity index (χ0n) is 10.4. The van der Waals surface area contributed by atoms with Crippen LogP contribution in [0, 0.1) is 0 Å². The van der Waals surface area contributed by atoms with E-state index in [2.05, 4.69) is 15.9 Å². The number of rotatable bonds is 8. The summed E-state index contributed by atoms with van der Waals surface area (Å²) in [4.78, 5) is 0.779. The third kappa shape index (κ3) is 5.48. The minimum atomic E-state index is -1.02. The first kappa shape index (κ1) is 15.6. The molecule has 18 heavy (non-hydrogen) atoms. The van der Waals surface area contributed by atoms with E-state index in [1.54, 1.807) is 25.3 Å². The molecule has 4 nitrogen and oxygen atoms in total. The van der Waals surface area contributed by atoms with Gasteiger partial charge in [-0.25, -0.2) is 0 Å². The Labute approximate surface area is 118 Å². The van der Waals surface area contributed by atoms with Crippen molar-refractivity contribution < 1.29 is 13.7 Å². The van der Waals surface area contributed by atoms with Gasteiger partial charge in [-0.3, -0.25) is 4.21 Å². The van der Waals surface area contributed by atoms with Gasteiger partial charge < -0.3 is 15.2 Å². The van der Waals surface area contributed by atoms with Gasteiger partial charge in [0.15, 0.2) is 0 Å². The van der Waals surface area contributed by atoms with Gasteiger partial charge in [0.05, 0.1) is 28.9 Å². The van der Waals surface area contributed by atoms with E-state index in [4.69, 9.17) is 15.2 Å². The van der Waals surface area contributed by atoms with Crippen LogP contribution in [0.3, 0.4) is 0 Å². The van der Waals surface area contributed by atoms with Crippen LogP contribution in [0.15, 0.2) is 27.6 Å². The summed E-state index contributed by atoms with van der Waals surface area (Å²) >= 11 is 3.37. The van der Waals surface area contributed by atoms with Crippen molar-refractivity contribution >= 4 is 32.4 Å². The zero-order valence-corrected chi connectivity index (χ0v) is 12.8. The summed E-state index contributed by atoms with van der Waals surface area (Å²) in [5, 5.41) is 0. The van der Waals surface area contributed by atoms with Crippen molar-refractivity contribution in [2.24, 2.45) is 0 Å². The second-order valence-corrected chi connectivity index (χ2v) is 6.09. The first-order chi connectivity index (χ1) is 8.65. The summed E-state index contributed by atoms with van der Waals surface area (Å²) < 4.78 is 23.0. The van der Waals surface area contributed by atoms with Gasteiger partial charge in [0, 0.05) is 29.6 Å². The van der Waals surface area contributed by atoms with Crippen molar-refractivity contribution in [3.05, 3.63) is 22.7 Å². The molecule has 0 aliphatic rings. The van der Waals surface area contributed by atoms with E-state index >= 15 is 0 Å². The molecule has 1 rings (SSSR count). The fourth-order valence-corrected chi connectivity index (χ4v) is 3.38. The molecule has 0 fully saturated rings. The highest BCUT2D eigenvalue weighted by Crippen LogP contribution is 2.23. The lowest BCUT2D eigenvalue weighted by Gasteiger charge is -2.06. The molecule has 1 unspecified atom stereocenters. The van der Waals surface area contributed by atoms with Gasteiger partial charge in [0.2, 0.25) is 0 Å². The van der Waals surface area contributed by atoms with Crippen LogP contribution in [0.2, 0.25) is 0 Å². The molecular formula is C12H18BrNO3S. The molecule has 102 valence electrons. The number of nitrogens with two attached hydrogens (primary N) is 1. The molecule has 1 atom stereocenters. The van der Waals surface area contributed by atoms with Gasteiger partial charge in [-0.05, 0) is 40.5 Å². The Balaban J connectivity index is 2.32. The maximum absolute atomic E-state index is 12.0. The van der Waals surface area contributed by atoms with Crippen molar-refractivity contribution in [3.8, 4) is 0 Å². The van der Waals surface area contributed by atoms with E-state index < -0.39 is 10.8 Å². The standard InChI is InChI=1S/C12H18BrNO3S/c1-16-6-7-17-5-2-8-18(15)12-4-3-10(14)9-11(12)13/h3-4,9H,2,5-8,14H2,1H3. The maximum atomic E-state index is 12.0. The number of nitrogen functional groups attached to an aromatic ring is 1. The topological polar surface area (TPSA) is 61.5 Å². The fourth-order valence-electron chi connectivity index (χ4n) is 1.35. The zero-order chi connectivity index (χ0) is 13.4. The second-order valence-electron chi connectivity index (χ2n) is 3.70. The van der Waals surface area contributed by atoms with Crippen LogP contribution in [0.25, 0.3) is 0 Å². The highest BCUT2D eigenvalue weighted by molar-refractivity contribution is 9.10. The molecule has 0 bridgehead atoms. The van der Waals surface area contributed by atoms with Crippen LogP contribution in [-0.2, 0) is 20.3 Å². The lowest BCUT2D eigenvalue weighted by molar-refractivity contribution is 0.0713. The first-order valence-electron chi connectivity index (χ1n) is 5.65. The summed E-state index contributed by atoms with van der Waals surface area (Å²) in [6.45, 7) is 1.77. The van der Waals surface area contributed by atoms with Gasteiger partial charge in [0.25, 0.3) is 0 Å². The SMILES string of the molecule is COCCOCCCS(=O)c1ccc(N)cc1Br. The fraction of sp³-hybridized carbons (Fsp3) is 0.500. The summed E-state index contributed by atoms with van der Waals surface area (Å²) in [7, 11) is 0.612. The largest absolute Gasteiger partial charge is 0.399 e. The first-order valence-corrected chi connectivity index (χ1v) is 7.76. The predicted molar refractivity (Wildman–Crippen MR) is 77.1 cm³/mol. The molecule has 0 heterocycles. The highest BCUT2D eigenvalue weighted by Gasteiger charge is 2.08. The van der Waals surface area contributed by atoms with Gasteiger partial charge in [0.1, 0.15) is 0 Å². The molecule has 0 amide bonds. The van der Waals surface area contributed by atoms with Crippen LogP contribution >= 0.6 is 15.9 Å². The number of anilines is 1. The number of ether oxygens (including phenoxy) is 2.